The Morgan fingerprint density at radius 2 is 2.20 bits per heavy atom. The lowest BCUT2D eigenvalue weighted by molar-refractivity contribution is 0.204. The largest absolute Gasteiger partial charge is 0.490 e. The number of hydrogen-bond donors (Lipinski definition) is 1. The maximum atomic E-state index is 11.7. The number of benzene rings is 1. The van der Waals surface area contributed by atoms with Gasteiger partial charge in [0.05, 0.1) is 11.6 Å². The van der Waals surface area contributed by atoms with E-state index in [1.807, 2.05) is 25.1 Å². The van der Waals surface area contributed by atoms with Gasteiger partial charge in [0, 0.05) is 13.6 Å². The van der Waals surface area contributed by atoms with E-state index >= 15 is 0 Å². The Balaban J connectivity index is 2.27. The van der Waals surface area contributed by atoms with Crippen molar-refractivity contribution < 1.29 is 9.53 Å². The Kier molecular flexibility index (Phi) is 7.23. The van der Waals surface area contributed by atoms with E-state index in [-0.39, 0.29) is 6.03 Å². The van der Waals surface area contributed by atoms with Crippen LogP contribution in [0.1, 0.15) is 25.3 Å². The van der Waals surface area contributed by atoms with Crippen LogP contribution in [0.3, 0.4) is 0 Å². The second-order valence-corrected chi connectivity index (χ2v) is 5.20. The quantitative estimate of drug-likeness (QED) is 0.783. The first kappa shape index (κ1) is 16.6. The summed E-state index contributed by atoms with van der Waals surface area (Å²) >= 11 is 6.02. The summed E-state index contributed by atoms with van der Waals surface area (Å²) in [6.07, 6.45) is 2.09. The summed E-state index contributed by atoms with van der Waals surface area (Å²) in [5, 5.41) is 3.40. The van der Waals surface area contributed by atoms with Crippen LogP contribution in [0.25, 0.3) is 0 Å². The van der Waals surface area contributed by atoms with E-state index in [2.05, 4.69) is 12.2 Å². The molecule has 5 heteroatoms. The second kappa shape index (κ2) is 8.69. The molecule has 0 aliphatic carbocycles. The fourth-order valence-corrected chi connectivity index (χ4v) is 1.84. The molecule has 1 aromatic rings. The van der Waals surface area contributed by atoms with Crippen LogP contribution in [0.4, 0.5) is 4.79 Å². The highest BCUT2D eigenvalue weighted by molar-refractivity contribution is 6.32. The summed E-state index contributed by atoms with van der Waals surface area (Å²) in [6, 6.07) is 5.55. The minimum absolute atomic E-state index is 0.0719. The molecule has 2 amide bonds. The molecule has 0 spiro atoms. The number of hydrogen-bond acceptors (Lipinski definition) is 2. The third-order valence-electron chi connectivity index (χ3n) is 2.92. The Morgan fingerprint density at radius 1 is 1.45 bits per heavy atom. The van der Waals surface area contributed by atoms with Gasteiger partial charge in [0.1, 0.15) is 12.4 Å². The van der Waals surface area contributed by atoms with Crippen LogP contribution < -0.4 is 10.1 Å². The van der Waals surface area contributed by atoms with Crippen molar-refractivity contribution in [1.29, 1.82) is 0 Å². The normalized spacial score (nSPS) is 10.2. The molecule has 0 saturated carbocycles. The summed E-state index contributed by atoms with van der Waals surface area (Å²) in [4.78, 5) is 13.4. The van der Waals surface area contributed by atoms with Crippen LogP contribution in [-0.2, 0) is 0 Å². The molecule has 0 unspecified atom stereocenters. The van der Waals surface area contributed by atoms with Crippen molar-refractivity contribution in [3.8, 4) is 5.75 Å². The third kappa shape index (κ3) is 5.70. The number of ether oxygens (including phenoxy) is 1. The highest BCUT2D eigenvalue weighted by Gasteiger charge is 2.07. The first-order chi connectivity index (χ1) is 9.54. The Hall–Kier alpha value is -1.42. The van der Waals surface area contributed by atoms with Gasteiger partial charge in [-0.15, -0.1) is 0 Å². The summed E-state index contributed by atoms with van der Waals surface area (Å²) in [6.45, 7) is 5.71. The number of carbonyl (C=O) groups is 1. The lowest BCUT2D eigenvalue weighted by Crippen LogP contribution is -2.39. The molecule has 112 valence electrons. The average Bonchev–Trinajstić information content (AvgIpc) is 2.44. The van der Waals surface area contributed by atoms with Crippen LogP contribution in [0.5, 0.6) is 5.75 Å². The van der Waals surface area contributed by atoms with E-state index in [9.17, 15) is 4.79 Å². The zero-order valence-corrected chi connectivity index (χ0v) is 13.2. The number of urea groups is 1. The average molecular weight is 299 g/mol. The molecule has 1 rings (SSSR count). The highest BCUT2D eigenvalue weighted by Crippen LogP contribution is 2.24. The summed E-state index contributed by atoms with van der Waals surface area (Å²) in [7, 11) is 1.79. The van der Waals surface area contributed by atoms with Crippen molar-refractivity contribution in [3.05, 3.63) is 28.8 Å². The van der Waals surface area contributed by atoms with Crippen molar-refractivity contribution >= 4 is 17.6 Å². The summed E-state index contributed by atoms with van der Waals surface area (Å²) in [5.74, 6) is 0.653. The van der Waals surface area contributed by atoms with Crippen LogP contribution in [0.2, 0.25) is 5.02 Å². The van der Waals surface area contributed by atoms with E-state index < -0.39 is 0 Å². The SMILES string of the molecule is CCCCN(C)C(=O)NCCOc1cc(C)ccc1Cl. The highest BCUT2D eigenvalue weighted by atomic mass is 35.5. The summed E-state index contributed by atoms with van der Waals surface area (Å²) in [5.41, 5.74) is 1.09. The molecule has 0 fully saturated rings. The molecular weight excluding hydrogens is 276 g/mol. The van der Waals surface area contributed by atoms with Crippen molar-refractivity contribution in [1.82, 2.24) is 10.2 Å². The van der Waals surface area contributed by atoms with Gasteiger partial charge in [0.2, 0.25) is 0 Å². The molecule has 4 nitrogen and oxygen atoms in total. The first-order valence-electron chi connectivity index (χ1n) is 6.92. The molecule has 1 N–H and O–H groups in total. The van der Waals surface area contributed by atoms with Gasteiger partial charge < -0.3 is 15.0 Å². The standard InChI is InChI=1S/C15H23ClN2O2/c1-4-5-9-18(3)15(19)17-8-10-20-14-11-12(2)6-7-13(14)16/h6-7,11H,4-5,8-10H2,1-3H3,(H,17,19). The molecule has 0 aliphatic heterocycles. The van der Waals surface area contributed by atoms with E-state index in [0.29, 0.717) is 23.9 Å². The number of amides is 2. The lowest BCUT2D eigenvalue weighted by atomic mass is 10.2. The van der Waals surface area contributed by atoms with Crippen molar-refractivity contribution in [2.75, 3.05) is 26.7 Å². The zero-order valence-electron chi connectivity index (χ0n) is 12.4. The van der Waals surface area contributed by atoms with Crippen molar-refractivity contribution in [3.63, 3.8) is 0 Å². The molecule has 0 aliphatic rings. The van der Waals surface area contributed by atoms with Gasteiger partial charge in [-0.2, -0.15) is 0 Å². The van der Waals surface area contributed by atoms with E-state index in [4.69, 9.17) is 16.3 Å². The monoisotopic (exact) mass is 298 g/mol. The van der Waals surface area contributed by atoms with Gasteiger partial charge in [-0.3, -0.25) is 0 Å². The Labute approximate surface area is 126 Å². The molecule has 0 atom stereocenters. The number of rotatable bonds is 7. The fraction of sp³-hybridized carbons (Fsp3) is 0.533. The number of nitrogens with one attached hydrogen (secondary N) is 1. The van der Waals surface area contributed by atoms with Gasteiger partial charge in [0.15, 0.2) is 0 Å². The third-order valence-corrected chi connectivity index (χ3v) is 3.23. The first-order valence-corrected chi connectivity index (χ1v) is 7.30. The van der Waals surface area contributed by atoms with Gasteiger partial charge in [-0.05, 0) is 31.0 Å². The van der Waals surface area contributed by atoms with E-state index in [0.717, 1.165) is 24.9 Å². The summed E-state index contributed by atoms with van der Waals surface area (Å²) < 4.78 is 5.56. The minimum atomic E-state index is -0.0719. The number of unbranched alkanes of at least 4 members (excludes halogenated alkanes) is 1. The van der Waals surface area contributed by atoms with Crippen LogP contribution in [-0.4, -0.2) is 37.7 Å². The Morgan fingerprint density at radius 3 is 2.90 bits per heavy atom. The number of carbonyl (C=O) groups excluding carboxylic acids is 1. The Bertz CT molecular complexity index is 438. The predicted octanol–water partition coefficient (Wildman–Crippen LogP) is 3.47. The maximum absolute atomic E-state index is 11.7. The number of nitrogens with zero attached hydrogens (tertiary/aromatic N) is 1. The maximum Gasteiger partial charge on any atom is 0.317 e. The van der Waals surface area contributed by atoms with Gasteiger partial charge in [-0.25, -0.2) is 4.79 Å². The van der Waals surface area contributed by atoms with Crippen LogP contribution in [0, 0.1) is 6.92 Å². The zero-order chi connectivity index (χ0) is 15.0. The molecule has 0 radical (unpaired) electrons. The van der Waals surface area contributed by atoms with E-state index in [1.54, 1.807) is 11.9 Å². The van der Waals surface area contributed by atoms with Gasteiger partial charge in [0.25, 0.3) is 0 Å². The second-order valence-electron chi connectivity index (χ2n) is 4.79. The predicted molar refractivity (Wildman–Crippen MR) is 82.6 cm³/mol. The topological polar surface area (TPSA) is 41.6 Å². The minimum Gasteiger partial charge on any atom is -0.490 e. The van der Waals surface area contributed by atoms with Gasteiger partial charge in [-0.1, -0.05) is 31.0 Å². The molecule has 0 saturated heterocycles. The van der Waals surface area contributed by atoms with E-state index in [1.165, 1.54) is 0 Å². The molecular formula is C15H23ClN2O2. The molecule has 0 bridgehead atoms. The van der Waals surface area contributed by atoms with Crippen LogP contribution in [0.15, 0.2) is 18.2 Å². The van der Waals surface area contributed by atoms with Crippen molar-refractivity contribution in [2.24, 2.45) is 0 Å². The molecule has 0 heterocycles. The van der Waals surface area contributed by atoms with Crippen molar-refractivity contribution in [2.45, 2.75) is 26.7 Å². The molecule has 20 heavy (non-hydrogen) atoms. The van der Waals surface area contributed by atoms with Gasteiger partial charge >= 0.3 is 6.03 Å². The number of halogens is 1. The lowest BCUT2D eigenvalue weighted by Gasteiger charge is -2.17. The van der Waals surface area contributed by atoms with Crippen LogP contribution >= 0.6 is 11.6 Å². The molecule has 0 aromatic heterocycles. The number of aryl methyl sites for hydroxylation is 1. The molecule has 1 aromatic carbocycles. The fourth-order valence-electron chi connectivity index (χ4n) is 1.67. The smallest absolute Gasteiger partial charge is 0.317 e.